The van der Waals surface area contributed by atoms with E-state index in [-0.39, 0.29) is 17.7 Å². The first-order valence-electron chi connectivity index (χ1n) is 15.1. The third-order valence-electron chi connectivity index (χ3n) is 8.83. The molecule has 1 aliphatic heterocycles. The molecule has 1 amide bonds. The van der Waals surface area contributed by atoms with Crippen LogP contribution in [0.25, 0.3) is 22.0 Å². The van der Waals surface area contributed by atoms with Crippen molar-refractivity contribution in [2.45, 2.75) is 44.4 Å². The quantitative estimate of drug-likeness (QED) is 0.226. The molecule has 12 heteroatoms. The average Bonchev–Trinajstić information content (AvgIpc) is 3.76. The van der Waals surface area contributed by atoms with E-state index in [1.54, 1.807) is 44.4 Å². The van der Waals surface area contributed by atoms with E-state index in [1.165, 1.54) is 11.1 Å². The maximum absolute atomic E-state index is 14.1. The van der Waals surface area contributed by atoms with Crippen molar-refractivity contribution < 1.29 is 17.9 Å². The number of piperazine rings is 1. The van der Waals surface area contributed by atoms with E-state index in [0.29, 0.717) is 58.3 Å². The van der Waals surface area contributed by atoms with Crippen molar-refractivity contribution in [2.24, 2.45) is 0 Å². The number of H-pyrrole nitrogens is 1. The summed E-state index contributed by atoms with van der Waals surface area (Å²) in [6.07, 6.45) is 6.47. The van der Waals surface area contributed by atoms with Crippen molar-refractivity contribution in [2.75, 3.05) is 38.2 Å². The predicted molar refractivity (Wildman–Crippen MR) is 176 cm³/mol. The van der Waals surface area contributed by atoms with E-state index in [0.717, 1.165) is 37.6 Å². The number of aromatic nitrogens is 3. The van der Waals surface area contributed by atoms with Gasteiger partial charge in [-0.3, -0.25) is 9.59 Å². The molecule has 0 spiro atoms. The van der Waals surface area contributed by atoms with Crippen LogP contribution in [0, 0.1) is 13.8 Å². The average molecular weight is 631 g/mol. The van der Waals surface area contributed by atoms with Gasteiger partial charge in [0, 0.05) is 60.8 Å². The number of aryl methyl sites for hydroxylation is 2. The number of anilines is 1. The number of hydrogen-bond acceptors (Lipinski definition) is 8. The summed E-state index contributed by atoms with van der Waals surface area (Å²) in [5, 5.41) is 6.74. The summed E-state index contributed by atoms with van der Waals surface area (Å²) in [5.74, 6) is 0.787. The van der Waals surface area contributed by atoms with Crippen LogP contribution in [0.3, 0.4) is 0 Å². The van der Waals surface area contributed by atoms with Gasteiger partial charge in [0.05, 0.1) is 29.5 Å². The number of fused-ring (bicyclic) bond motifs is 1. The molecule has 4 aromatic rings. The van der Waals surface area contributed by atoms with E-state index < -0.39 is 20.7 Å². The number of pyridine rings is 2. The molecule has 0 bridgehead atoms. The predicted octanol–water partition coefficient (Wildman–Crippen LogP) is 3.64. The van der Waals surface area contributed by atoms with Gasteiger partial charge in [-0.2, -0.15) is 0 Å². The first kappa shape index (κ1) is 30.6. The van der Waals surface area contributed by atoms with Crippen LogP contribution in [-0.2, 0) is 16.6 Å². The molecule has 0 unspecified atom stereocenters. The Bertz CT molecular complexity index is 1950. The number of ether oxygens (including phenoxy) is 1. The molecule has 0 atom stereocenters. The van der Waals surface area contributed by atoms with Crippen LogP contribution >= 0.6 is 0 Å². The molecule has 45 heavy (non-hydrogen) atoms. The third-order valence-corrected chi connectivity index (χ3v) is 11.3. The molecule has 2 aliphatic rings. The zero-order valence-electron chi connectivity index (χ0n) is 25.8. The highest BCUT2D eigenvalue weighted by Crippen LogP contribution is 2.49. The lowest BCUT2D eigenvalue weighted by atomic mass is 9.99. The number of nitrogens with one attached hydrogen (secondary N) is 3. The van der Waals surface area contributed by atoms with Gasteiger partial charge in [-0.15, -0.1) is 6.58 Å². The van der Waals surface area contributed by atoms with Crippen LogP contribution in [0.5, 0.6) is 5.75 Å². The molecular formula is C33H38N6O5S. The summed E-state index contributed by atoms with van der Waals surface area (Å²) < 4.78 is 34.0. The zero-order valence-corrected chi connectivity index (χ0v) is 26.6. The van der Waals surface area contributed by atoms with Crippen molar-refractivity contribution in [3.05, 3.63) is 88.1 Å². The van der Waals surface area contributed by atoms with Gasteiger partial charge >= 0.3 is 0 Å². The SMILES string of the molecule is C=CCC1(S(=O)(=O)n2cc(C)c3c(C(=O)NCc4c(OC)cc(C)[nH]c4=O)cc(-c4ccc(N5CCNCC5)nc4)cc32)CC1. The standard InChI is InChI=1S/C33H38N6O5S/c1-5-8-33(9-10-33)45(42,43)39-20-21(2)30-25(31(40)36-19-26-28(44-4)15-22(3)37-32(26)41)16-24(17-27(30)39)23-6-7-29(35-18-23)38-13-11-34-12-14-38/h5-7,15-18,20,34H,1,8-14,19H2,2-4H3,(H,36,40)(H,37,41). The van der Waals surface area contributed by atoms with Gasteiger partial charge in [0.1, 0.15) is 11.6 Å². The molecule has 3 aromatic heterocycles. The summed E-state index contributed by atoms with van der Waals surface area (Å²) >= 11 is 0. The van der Waals surface area contributed by atoms with Gasteiger partial charge < -0.3 is 25.3 Å². The fraction of sp³-hybridized carbons (Fsp3) is 0.364. The van der Waals surface area contributed by atoms with Gasteiger partial charge in [-0.25, -0.2) is 17.4 Å². The Morgan fingerprint density at radius 3 is 2.56 bits per heavy atom. The number of aromatic amines is 1. The van der Waals surface area contributed by atoms with E-state index in [1.807, 2.05) is 18.2 Å². The fourth-order valence-corrected chi connectivity index (χ4v) is 8.25. The van der Waals surface area contributed by atoms with Crippen molar-refractivity contribution in [3.63, 3.8) is 0 Å². The van der Waals surface area contributed by atoms with Crippen LogP contribution in [0.15, 0.2) is 60.2 Å². The highest BCUT2D eigenvalue weighted by Gasteiger charge is 2.54. The van der Waals surface area contributed by atoms with Crippen molar-refractivity contribution >= 4 is 32.7 Å². The van der Waals surface area contributed by atoms with Crippen LogP contribution < -0.4 is 25.8 Å². The summed E-state index contributed by atoms with van der Waals surface area (Å²) in [4.78, 5) is 36.3. The van der Waals surface area contributed by atoms with Crippen LogP contribution in [0.2, 0.25) is 0 Å². The molecule has 1 saturated carbocycles. The lowest BCUT2D eigenvalue weighted by molar-refractivity contribution is 0.0952. The Morgan fingerprint density at radius 1 is 1.16 bits per heavy atom. The number of methoxy groups -OCH3 is 1. The number of carbonyl (C=O) groups is 1. The molecule has 2 fully saturated rings. The lowest BCUT2D eigenvalue weighted by Crippen LogP contribution is -2.43. The Hall–Kier alpha value is -4.42. The molecule has 1 aromatic carbocycles. The highest BCUT2D eigenvalue weighted by atomic mass is 32.2. The molecule has 3 N–H and O–H groups in total. The maximum atomic E-state index is 14.1. The molecular weight excluding hydrogens is 592 g/mol. The summed E-state index contributed by atoms with van der Waals surface area (Å²) in [7, 11) is -2.34. The van der Waals surface area contributed by atoms with Crippen LogP contribution in [-0.4, -0.2) is 66.3 Å². The number of nitrogens with zero attached hydrogens (tertiary/aromatic N) is 3. The van der Waals surface area contributed by atoms with Gasteiger partial charge in [-0.05, 0) is 74.6 Å². The zero-order chi connectivity index (χ0) is 31.9. The maximum Gasteiger partial charge on any atom is 0.256 e. The van der Waals surface area contributed by atoms with E-state index in [9.17, 15) is 18.0 Å². The molecule has 1 saturated heterocycles. The summed E-state index contributed by atoms with van der Waals surface area (Å²) in [6.45, 7) is 10.7. The van der Waals surface area contributed by atoms with Crippen molar-refractivity contribution in [1.29, 1.82) is 0 Å². The second-order valence-electron chi connectivity index (χ2n) is 11.9. The number of benzene rings is 1. The summed E-state index contributed by atoms with van der Waals surface area (Å²) in [6, 6.07) is 9.17. The smallest absolute Gasteiger partial charge is 0.256 e. The van der Waals surface area contributed by atoms with Gasteiger partial charge in [0.15, 0.2) is 0 Å². The second kappa shape index (κ2) is 11.8. The minimum absolute atomic E-state index is 0.0786. The molecule has 4 heterocycles. The molecule has 1 aliphatic carbocycles. The highest BCUT2D eigenvalue weighted by molar-refractivity contribution is 7.91. The Labute approximate surface area is 262 Å². The minimum atomic E-state index is -3.81. The minimum Gasteiger partial charge on any atom is -0.496 e. The second-order valence-corrected chi connectivity index (χ2v) is 14.1. The van der Waals surface area contributed by atoms with E-state index >= 15 is 0 Å². The van der Waals surface area contributed by atoms with E-state index in [4.69, 9.17) is 9.72 Å². The first-order chi connectivity index (χ1) is 21.6. The molecule has 0 radical (unpaired) electrons. The number of rotatable bonds is 10. The fourth-order valence-electron chi connectivity index (χ4n) is 6.19. The number of allylic oxidation sites excluding steroid dienone is 1. The Kier molecular flexibility index (Phi) is 8.04. The first-order valence-corrected chi connectivity index (χ1v) is 16.5. The Balaban J connectivity index is 1.45. The normalized spacial score (nSPS) is 16.0. The number of carbonyl (C=O) groups excluding carboxylic acids is 1. The topological polar surface area (TPSA) is 138 Å². The largest absolute Gasteiger partial charge is 0.496 e. The molecule has 236 valence electrons. The third kappa shape index (κ3) is 5.53. The molecule has 11 nitrogen and oxygen atoms in total. The van der Waals surface area contributed by atoms with Crippen LogP contribution in [0.1, 0.15) is 46.4 Å². The summed E-state index contributed by atoms with van der Waals surface area (Å²) in [5.41, 5.74) is 3.34. The number of hydrogen-bond donors (Lipinski definition) is 3. The molecule has 6 rings (SSSR count). The van der Waals surface area contributed by atoms with Crippen molar-refractivity contribution in [3.8, 4) is 16.9 Å². The van der Waals surface area contributed by atoms with Gasteiger partial charge in [-0.1, -0.05) is 6.08 Å². The number of amides is 1. The van der Waals surface area contributed by atoms with E-state index in [2.05, 4.69) is 27.1 Å². The van der Waals surface area contributed by atoms with Crippen LogP contribution in [0.4, 0.5) is 5.82 Å². The monoisotopic (exact) mass is 630 g/mol. The van der Waals surface area contributed by atoms with Crippen molar-refractivity contribution in [1.82, 2.24) is 24.6 Å². The lowest BCUT2D eigenvalue weighted by Gasteiger charge is -2.28. The Morgan fingerprint density at radius 2 is 1.91 bits per heavy atom. The van der Waals surface area contributed by atoms with Gasteiger partial charge in [0.25, 0.3) is 11.5 Å². The van der Waals surface area contributed by atoms with Gasteiger partial charge in [0.2, 0.25) is 10.0 Å².